The van der Waals surface area contributed by atoms with Gasteiger partial charge in [0.1, 0.15) is 0 Å². The summed E-state index contributed by atoms with van der Waals surface area (Å²) in [6, 6.07) is 16.5. The van der Waals surface area contributed by atoms with E-state index in [9.17, 15) is 28.1 Å². The average Bonchev–Trinajstić information content (AvgIpc) is 2.69. The molecule has 0 aromatic heterocycles. The fraction of sp³-hybridized carbons (Fsp3) is 0.0500. The van der Waals surface area contributed by atoms with Crippen molar-refractivity contribution >= 4 is 34.9 Å². The minimum Gasteiger partial charge on any atom is -0.308 e. The lowest BCUT2D eigenvalue weighted by Gasteiger charge is -2.10. The molecule has 0 aliphatic heterocycles. The Morgan fingerprint density at radius 3 is 1.67 bits per heavy atom. The number of non-ortho nitro benzene ring substituents is 1. The summed E-state index contributed by atoms with van der Waals surface area (Å²) in [5, 5.41) is 15.7. The Morgan fingerprint density at radius 1 is 0.800 bits per heavy atom. The number of rotatable bonds is 5. The normalized spacial score (nSPS) is 11.0. The molecular weight excluding hydrogens is 419 g/mol. The first kappa shape index (κ1) is 21.2. The number of anilines is 2. The van der Waals surface area contributed by atoms with E-state index in [0.717, 1.165) is 21.9 Å². The molecule has 2 amide bonds. The molecule has 0 fully saturated rings. The number of halogens is 3. The Kier molecular flexibility index (Phi) is 6.26. The topological polar surface area (TPSA) is 84.3 Å². The highest BCUT2D eigenvalue weighted by atomic mass is 32.2. The maximum absolute atomic E-state index is 12.6. The predicted octanol–water partition coefficient (Wildman–Crippen LogP) is 6.41. The highest BCUT2D eigenvalue weighted by molar-refractivity contribution is 7.99. The van der Waals surface area contributed by atoms with Crippen LogP contribution >= 0.6 is 11.8 Å². The van der Waals surface area contributed by atoms with Crippen LogP contribution in [0.1, 0.15) is 5.56 Å². The maximum Gasteiger partial charge on any atom is 0.416 e. The van der Waals surface area contributed by atoms with Crippen molar-refractivity contribution in [2.75, 3.05) is 10.6 Å². The van der Waals surface area contributed by atoms with Gasteiger partial charge >= 0.3 is 12.2 Å². The Morgan fingerprint density at radius 2 is 1.23 bits per heavy atom. The minimum absolute atomic E-state index is 0.0120. The van der Waals surface area contributed by atoms with E-state index < -0.39 is 22.7 Å². The number of hydrogen-bond donors (Lipinski definition) is 2. The van der Waals surface area contributed by atoms with Gasteiger partial charge in [0.2, 0.25) is 0 Å². The van der Waals surface area contributed by atoms with E-state index in [-0.39, 0.29) is 11.4 Å². The second-order valence-electron chi connectivity index (χ2n) is 6.03. The van der Waals surface area contributed by atoms with E-state index in [2.05, 4.69) is 10.6 Å². The predicted molar refractivity (Wildman–Crippen MR) is 108 cm³/mol. The lowest BCUT2D eigenvalue weighted by atomic mass is 10.2. The summed E-state index contributed by atoms with van der Waals surface area (Å²) in [5.74, 6) is 0. The van der Waals surface area contributed by atoms with Crippen molar-refractivity contribution in [3.63, 3.8) is 0 Å². The number of nitro benzene ring substituents is 1. The van der Waals surface area contributed by atoms with Gasteiger partial charge in [0.25, 0.3) is 5.69 Å². The molecule has 3 aromatic carbocycles. The summed E-state index contributed by atoms with van der Waals surface area (Å²) in [7, 11) is 0. The van der Waals surface area contributed by atoms with Gasteiger partial charge in [0.05, 0.1) is 10.5 Å². The Hall–Kier alpha value is -3.53. The molecule has 2 N–H and O–H groups in total. The lowest BCUT2D eigenvalue weighted by molar-refractivity contribution is -0.384. The molecule has 0 aliphatic rings. The number of nitro groups is 1. The van der Waals surface area contributed by atoms with E-state index in [0.29, 0.717) is 5.69 Å². The molecule has 3 aromatic rings. The van der Waals surface area contributed by atoms with E-state index in [4.69, 9.17) is 0 Å². The van der Waals surface area contributed by atoms with Gasteiger partial charge in [0, 0.05) is 33.3 Å². The van der Waals surface area contributed by atoms with Gasteiger partial charge in [-0.2, -0.15) is 13.2 Å². The van der Waals surface area contributed by atoms with Crippen LogP contribution in [-0.2, 0) is 6.18 Å². The van der Waals surface area contributed by atoms with Crippen molar-refractivity contribution in [3.8, 4) is 0 Å². The molecule has 10 heteroatoms. The molecule has 0 radical (unpaired) electrons. The first-order chi connectivity index (χ1) is 14.2. The molecule has 0 atom stereocenters. The highest BCUT2D eigenvalue weighted by Gasteiger charge is 2.29. The number of amides is 2. The monoisotopic (exact) mass is 433 g/mol. The van der Waals surface area contributed by atoms with E-state index in [1.165, 1.54) is 36.0 Å². The summed E-state index contributed by atoms with van der Waals surface area (Å²) < 4.78 is 37.7. The number of benzene rings is 3. The number of urea groups is 1. The Bertz CT molecular complexity index is 1040. The first-order valence-corrected chi connectivity index (χ1v) is 9.30. The third kappa shape index (κ3) is 5.74. The van der Waals surface area contributed by atoms with Crippen LogP contribution in [-0.4, -0.2) is 11.0 Å². The zero-order valence-electron chi connectivity index (χ0n) is 15.1. The van der Waals surface area contributed by atoms with Crippen LogP contribution < -0.4 is 10.6 Å². The molecule has 0 saturated heterocycles. The van der Waals surface area contributed by atoms with E-state index >= 15 is 0 Å². The van der Waals surface area contributed by atoms with Crippen molar-refractivity contribution in [3.05, 3.63) is 88.5 Å². The summed E-state index contributed by atoms with van der Waals surface area (Å²) in [6.45, 7) is 0. The van der Waals surface area contributed by atoms with E-state index in [1.807, 2.05) is 0 Å². The third-order valence-electron chi connectivity index (χ3n) is 3.87. The van der Waals surface area contributed by atoms with Crippen molar-refractivity contribution in [2.45, 2.75) is 16.0 Å². The van der Waals surface area contributed by atoms with Crippen molar-refractivity contribution in [1.29, 1.82) is 0 Å². The number of nitrogens with zero attached hydrogens (tertiary/aromatic N) is 1. The van der Waals surface area contributed by atoms with Gasteiger partial charge in [-0.3, -0.25) is 10.1 Å². The largest absolute Gasteiger partial charge is 0.416 e. The van der Waals surface area contributed by atoms with Gasteiger partial charge in [-0.05, 0) is 60.7 Å². The summed E-state index contributed by atoms with van der Waals surface area (Å²) in [5.41, 5.74) is -0.0640. The van der Waals surface area contributed by atoms with Gasteiger partial charge in [-0.1, -0.05) is 11.8 Å². The fourth-order valence-electron chi connectivity index (χ4n) is 2.41. The average molecular weight is 433 g/mol. The third-order valence-corrected chi connectivity index (χ3v) is 4.88. The molecule has 0 spiro atoms. The maximum atomic E-state index is 12.6. The SMILES string of the molecule is O=C(Nc1ccc(Sc2ccc([N+](=O)[O-])cc2)cc1)Nc1ccc(C(F)(F)F)cc1. The number of carbonyl (C=O) groups excluding carboxylic acids is 1. The molecule has 30 heavy (non-hydrogen) atoms. The van der Waals surface area contributed by atoms with Crippen LogP contribution in [0.2, 0.25) is 0 Å². The highest BCUT2D eigenvalue weighted by Crippen LogP contribution is 2.31. The molecule has 0 unspecified atom stereocenters. The Balaban J connectivity index is 1.56. The molecule has 0 bridgehead atoms. The second-order valence-corrected chi connectivity index (χ2v) is 7.18. The van der Waals surface area contributed by atoms with E-state index in [1.54, 1.807) is 36.4 Å². The van der Waals surface area contributed by atoms with Crippen molar-refractivity contribution in [1.82, 2.24) is 0 Å². The molecule has 0 saturated carbocycles. The lowest BCUT2D eigenvalue weighted by Crippen LogP contribution is -2.19. The van der Waals surface area contributed by atoms with Crippen molar-refractivity contribution in [2.24, 2.45) is 0 Å². The van der Waals surface area contributed by atoms with Gasteiger partial charge in [-0.25, -0.2) is 4.79 Å². The minimum atomic E-state index is -4.44. The van der Waals surface area contributed by atoms with Crippen LogP contribution in [0.3, 0.4) is 0 Å². The molecule has 6 nitrogen and oxygen atoms in total. The zero-order chi connectivity index (χ0) is 21.7. The molecule has 3 rings (SSSR count). The molecule has 154 valence electrons. The summed E-state index contributed by atoms with van der Waals surface area (Å²) in [6.07, 6.45) is -4.44. The van der Waals surface area contributed by atoms with Crippen LogP contribution in [0.15, 0.2) is 82.6 Å². The number of alkyl halides is 3. The first-order valence-electron chi connectivity index (χ1n) is 8.48. The van der Waals surface area contributed by atoms with Gasteiger partial charge in [0.15, 0.2) is 0 Å². The quantitative estimate of drug-likeness (QED) is 0.360. The van der Waals surface area contributed by atoms with Crippen LogP contribution in [0.5, 0.6) is 0 Å². The van der Waals surface area contributed by atoms with Crippen LogP contribution in [0, 0.1) is 10.1 Å². The summed E-state index contributed by atoms with van der Waals surface area (Å²) >= 11 is 1.40. The Labute approximate surface area is 173 Å². The second kappa shape index (κ2) is 8.87. The number of nitrogens with one attached hydrogen (secondary N) is 2. The molecule has 0 aliphatic carbocycles. The van der Waals surface area contributed by atoms with Gasteiger partial charge in [-0.15, -0.1) is 0 Å². The number of carbonyl (C=O) groups is 1. The van der Waals surface area contributed by atoms with Crippen LogP contribution in [0.25, 0.3) is 0 Å². The standard InChI is InChI=1S/C20H14F3N3O3S/c21-20(22,23)13-1-3-14(4-2-13)24-19(27)25-15-5-9-17(10-6-15)30-18-11-7-16(8-12-18)26(28)29/h1-12H,(H2,24,25,27). The fourth-order valence-corrected chi connectivity index (χ4v) is 3.23. The van der Waals surface area contributed by atoms with Crippen LogP contribution in [0.4, 0.5) is 35.0 Å². The molecular formula is C20H14F3N3O3S. The summed E-state index contributed by atoms with van der Waals surface area (Å²) in [4.78, 5) is 23.9. The number of hydrogen-bond acceptors (Lipinski definition) is 4. The smallest absolute Gasteiger partial charge is 0.308 e. The zero-order valence-corrected chi connectivity index (χ0v) is 16.0. The van der Waals surface area contributed by atoms with Gasteiger partial charge < -0.3 is 10.6 Å². The van der Waals surface area contributed by atoms with Crippen molar-refractivity contribution < 1.29 is 22.9 Å². The molecule has 0 heterocycles.